The van der Waals surface area contributed by atoms with E-state index >= 15 is 0 Å². The van der Waals surface area contributed by atoms with Crippen LogP contribution in [0.1, 0.15) is 32.3 Å². The van der Waals surface area contributed by atoms with Crippen LogP contribution in [0.4, 0.5) is 10.5 Å². The van der Waals surface area contributed by atoms with Crippen molar-refractivity contribution < 1.29 is 4.79 Å². The summed E-state index contributed by atoms with van der Waals surface area (Å²) in [4.78, 5) is 16.4. The van der Waals surface area contributed by atoms with E-state index in [-0.39, 0.29) is 6.03 Å². The van der Waals surface area contributed by atoms with Gasteiger partial charge in [0.2, 0.25) is 0 Å². The van der Waals surface area contributed by atoms with Gasteiger partial charge in [-0.1, -0.05) is 12.1 Å². The largest absolute Gasteiger partial charge is 0.399 e. The molecule has 1 aliphatic carbocycles. The molecule has 1 aromatic rings. The van der Waals surface area contributed by atoms with Gasteiger partial charge in [0.15, 0.2) is 0 Å². The smallest absolute Gasteiger partial charge is 0.320 e. The van der Waals surface area contributed by atoms with Crippen LogP contribution >= 0.6 is 0 Å². The van der Waals surface area contributed by atoms with Gasteiger partial charge in [0.05, 0.1) is 0 Å². The first-order valence-corrected chi connectivity index (χ1v) is 7.05. The van der Waals surface area contributed by atoms with Crippen LogP contribution in [-0.4, -0.2) is 35.0 Å². The molecule has 1 fully saturated rings. The molecule has 2 rings (SSSR count). The Kier molecular flexibility index (Phi) is 4.30. The standard InChI is InChI=1S/C15H23N3O/c1-3-17(4-2)15(19)18(14-9-10-14)11-12-5-7-13(16)8-6-12/h5-8,14H,3-4,9-11,16H2,1-2H3. The van der Waals surface area contributed by atoms with E-state index in [1.165, 1.54) is 0 Å². The number of benzene rings is 1. The van der Waals surface area contributed by atoms with Crippen molar-refractivity contribution in [3.05, 3.63) is 29.8 Å². The van der Waals surface area contributed by atoms with Gasteiger partial charge in [-0.25, -0.2) is 4.79 Å². The maximum Gasteiger partial charge on any atom is 0.320 e. The second kappa shape index (κ2) is 5.95. The lowest BCUT2D eigenvalue weighted by Gasteiger charge is -2.29. The molecule has 104 valence electrons. The Labute approximate surface area is 115 Å². The number of rotatable bonds is 5. The van der Waals surface area contributed by atoms with E-state index in [1.807, 2.05) is 47.9 Å². The van der Waals surface area contributed by atoms with Crippen LogP contribution in [0.15, 0.2) is 24.3 Å². The van der Waals surface area contributed by atoms with Crippen LogP contribution in [0.3, 0.4) is 0 Å². The predicted molar refractivity (Wildman–Crippen MR) is 77.7 cm³/mol. The SMILES string of the molecule is CCN(CC)C(=O)N(Cc1ccc(N)cc1)C1CC1. The number of hydrogen-bond acceptors (Lipinski definition) is 2. The Balaban J connectivity index is 2.08. The summed E-state index contributed by atoms with van der Waals surface area (Å²) in [6.07, 6.45) is 2.25. The zero-order valence-corrected chi connectivity index (χ0v) is 11.8. The summed E-state index contributed by atoms with van der Waals surface area (Å²) in [5, 5.41) is 0. The van der Waals surface area contributed by atoms with E-state index in [9.17, 15) is 4.79 Å². The molecule has 0 atom stereocenters. The minimum atomic E-state index is 0.157. The van der Waals surface area contributed by atoms with Gasteiger partial charge in [-0.05, 0) is 44.4 Å². The first kappa shape index (κ1) is 13.7. The minimum absolute atomic E-state index is 0.157. The molecule has 1 aromatic carbocycles. The van der Waals surface area contributed by atoms with E-state index in [0.717, 1.165) is 37.2 Å². The molecule has 1 saturated carbocycles. The number of nitrogens with zero attached hydrogens (tertiary/aromatic N) is 2. The molecule has 0 bridgehead atoms. The molecular weight excluding hydrogens is 238 g/mol. The van der Waals surface area contributed by atoms with Crippen LogP contribution in [0, 0.1) is 0 Å². The summed E-state index contributed by atoms with van der Waals surface area (Å²) in [6.45, 7) is 6.26. The maximum absolute atomic E-state index is 12.5. The lowest BCUT2D eigenvalue weighted by Crippen LogP contribution is -2.43. The molecular formula is C15H23N3O. The van der Waals surface area contributed by atoms with E-state index in [4.69, 9.17) is 5.73 Å². The highest BCUT2D eigenvalue weighted by Gasteiger charge is 2.34. The first-order chi connectivity index (χ1) is 9.15. The Bertz CT molecular complexity index is 422. The van der Waals surface area contributed by atoms with E-state index in [0.29, 0.717) is 12.6 Å². The summed E-state index contributed by atoms with van der Waals surface area (Å²) < 4.78 is 0. The van der Waals surface area contributed by atoms with E-state index in [2.05, 4.69) is 0 Å². The Morgan fingerprint density at radius 1 is 1.21 bits per heavy atom. The van der Waals surface area contributed by atoms with E-state index in [1.54, 1.807) is 0 Å². The van der Waals surface area contributed by atoms with Crippen molar-refractivity contribution in [3.63, 3.8) is 0 Å². The van der Waals surface area contributed by atoms with Crippen LogP contribution in [0.25, 0.3) is 0 Å². The highest BCUT2D eigenvalue weighted by atomic mass is 16.2. The van der Waals surface area contributed by atoms with Crippen molar-refractivity contribution in [3.8, 4) is 0 Å². The van der Waals surface area contributed by atoms with Crippen molar-refractivity contribution in [2.75, 3.05) is 18.8 Å². The third-order valence-corrected chi connectivity index (χ3v) is 3.60. The molecule has 0 spiro atoms. The Morgan fingerprint density at radius 3 is 2.26 bits per heavy atom. The van der Waals surface area contributed by atoms with Gasteiger partial charge in [-0.3, -0.25) is 0 Å². The zero-order chi connectivity index (χ0) is 13.8. The van der Waals surface area contributed by atoms with Gasteiger partial charge < -0.3 is 15.5 Å². The van der Waals surface area contributed by atoms with Crippen molar-refractivity contribution in [1.82, 2.24) is 9.80 Å². The topological polar surface area (TPSA) is 49.6 Å². The summed E-state index contributed by atoms with van der Waals surface area (Å²) >= 11 is 0. The molecule has 19 heavy (non-hydrogen) atoms. The zero-order valence-electron chi connectivity index (χ0n) is 11.8. The number of anilines is 1. The van der Waals surface area contributed by atoms with Crippen LogP contribution in [-0.2, 0) is 6.54 Å². The summed E-state index contributed by atoms with van der Waals surface area (Å²) in [5.41, 5.74) is 7.59. The summed E-state index contributed by atoms with van der Waals surface area (Å²) in [7, 11) is 0. The molecule has 2 N–H and O–H groups in total. The molecule has 4 heteroatoms. The molecule has 4 nitrogen and oxygen atoms in total. The molecule has 0 heterocycles. The first-order valence-electron chi connectivity index (χ1n) is 7.05. The highest BCUT2D eigenvalue weighted by Crippen LogP contribution is 2.29. The van der Waals surface area contributed by atoms with Crippen molar-refractivity contribution in [1.29, 1.82) is 0 Å². The van der Waals surface area contributed by atoms with Crippen molar-refractivity contribution in [2.45, 2.75) is 39.3 Å². The molecule has 0 saturated heterocycles. The van der Waals surface area contributed by atoms with Gasteiger partial charge in [-0.15, -0.1) is 0 Å². The summed E-state index contributed by atoms with van der Waals surface area (Å²) in [6, 6.07) is 8.36. The molecule has 0 radical (unpaired) electrons. The molecule has 0 aromatic heterocycles. The van der Waals surface area contributed by atoms with Gasteiger partial charge in [-0.2, -0.15) is 0 Å². The predicted octanol–water partition coefficient (Wildman–Crippen LogP) is 2.70. The number of carbonyl (C=O) groups is 1. The maximum atomic E-state index is 12.5. The lowest BCUT2D eigenvalue weighted by molar-refractivity contribution is 0.151. The lowest BCUT2D eigenvalue weighted by atomic mass is 10.2. The highest BCUT2D eigenvalue weighted by molar-refractivity contribution is 5.75. The average molecular weight is 261 g/mol. The average Bonchev–Trinajstić information content (AvgIpc) is 3.23. The summed E-state index contributed by atoms with van der Waals surface area (Å²) in [5.74, 6) is 0. The van der Waals surface area contributed by atoms with Gasteiger partial charge in [0, 0.05) is 31.4 Å². The van der Waals surface area contributed by atoms with Crippen molar-refractivity contribution >= 4 is 11.7 Å². The minimum Gasteiger partial charge on any atom is -0.399 e. The van der Waals surface area contributed by atoms with Gasteiger partial charge in [0.1, 0.15) is 0 Å². The third kappa shape index (κ3) is 3.40. The molecule has 2 amide bonds. The number of hydrogen-bond donors (Lipinski definition) is 1. The van der Waals surface area contributed by atoms with Gasteiger partial charge >= 0.3 is 6.03 Å². The van der Waals surface area contributed by atoms with Crippen LogP contribution < -0.4 is 5.73 Å². The quantitative estimate of drug-likeness (QED) is 0.828. The number of urea groups is 1. The van der Waals surface area contributed by atoms with Crippen LogP contribution in [0.2, 0.25) is 0 Å². The fraction of sp³-hybridized carbons (Fsp3) is 0.533. The third-order valence-electron chi connectivity index (χ3n) is 3.60. The second-order valence-corrected chi connectivity index (χ2v) is 5.06. The molecule has 0 unspecified atom stereocenters. The number of amides is 2. The van der Waals surface area contributed by atoms with Crippen LogP contribution in [0.5, 0.6) is 0 Å². The number of nitrogen functional groups attached to an aromatic ring is 1. The normalized spacial score (nSPS) is 14.2. The molecule has 0 aliphatic heterocycles. The number of carbonyl (C=O) groups excluding carboxylic acids is 1. The Morgan fingerprint density at radius 2 is 1.79 bits per heavy atom. The second-order valence-electron chi connectivity index (χ2n) is 5.06. The fourth-order valence-electron chi connectivity index (χ4n) is 2.23. The Hall–Kier alpha value is -1.71. The number of nitrogens with two attached hydrogens (primary N) is 1. The van der Waals surface area contributed by atoms with Gasteiger partial charge in [0.25, 0.3) is 0 Å². The molecule has 1 aliphatic rings. The van der Waals surface area contributed by atoms with E-state index < -0.39 is 0 Å². The van der Waals surface area contributed by atoms with Crippen molar-refractivity contribution in [2.24, 2.45) is 0 Å². The fourth-order valence-corrected chi connectivity index (χ4v) is 2.23. The monoisotopic (exact) mass is 261 g/mol.